The summed E-state index contributed by atoms with van der Waals surface area (Å²) in [6, 6.07) is 0. The maximum Gasteiger partial charge on any atom is 0.305 e. The zero-order valence-corrected chi connectivity index (χ0v) is 9.24. The molecule has 0 spiro atoms. The molecule has 0 aromatic rings. The Bertz CT molecular complexity index is 129. The molecule has 0 radical (unpaired) electrons. The number of rotatable bonds is 7. The second kappa shape index (κ2) is 15.8. The first kappa shape index (κ1) is 16.7. The summed E-state index contributed by atoms with van der Waals surface area (Å²) in [5.74, 6) is -0.185. The highest BCUT2D eigenvalue weighted by Crippen LogP contribution is 1.80. The molecule has 0 atom stereocenters. The van der Waals surface area contributed by atoms with Crippen LogP contribution in [0, 0.1) is 0 Å². The van der Waals surface area contributed by atoms with Crippen molar-refractivity contribution in [3.8, 4) is 0 Å². The van der Waals surface area contributed by atoms with Gasteiger partial charge >= 0.3 is 5.97 Å². The molecule has 92 valence electrons. The van der Waals surface area contributed by atoms with Crippen molar-refractivity contribution in [1.29, 1.82) is 0 Å². The van der Waals surface area contributed by atoms with E-state index in [1.807, 2.05) is 0 Å². The van der Waals surface area contributed by atoms with E-state index in [9.17, 15) is 4.79 Å². The van der Waals surface area contributed by atoms with Gasteiger partial charge in [0.2, 0.25) is 0 Å². The molecule has 0 unspecified atom stereocenters. The lowest BCUT2D eigenvalue weighted by molar-refractivity contribution is -0.142. The molecular formula is C9H22N2O4. The van der Waals surface area contributed by atoms with Gasteiger partial charge in [0.1, 0.15) is 6.61 Å². The van der Waals surface area contributed by atoms with E-state index in [2.05, 4.69) is 10.1 Å². The first-order chi connectivity index (χ1) is 7.22. The third-order valence-corrected chi connectivity index (χ3v) is 1.25. The van der Waals surface area contributed by atoms with E-state index in [0.29, 0.717) is 32.7 Å². The van der Waals surface area contributed by atoms with Crippen LogP contribution in [0.2, 0.25) is 0 Å². The SMILES string of the molecule is CCC(=O)OCCN.OCCNCCO. The molecule has 0 aliphatic rings. The van der Waals surface area contributed by atoms with E-state index in [-0.39, 0.29) is 19.2 Å². The van der Waals surface area contributed by atoms with Crippen LogP contribution in [0.4, 0.5) is 0 Å². The predicted molar refractivity (Wildman–Crippen MR) is 57.3 cm³/mol. The van der Waals surface area contributed by atoms with Gasteiger partial charge in [-0.3, -0.25) is 4.79 Å². The minimum absolute atomic E-state index is 0.139. The molecule has 0 aromatic carbocycles. The predicted octanol–water partition coefficient (Wildman–Crippen LogP) is -1.54. The molecule has 0 aliphatic heterocycles. The lowest BCUT2D eigenvalue weighted by atomic mass is 10.5. The van der Waals surface area contributed by atoms with Gasteiger partial charge < -0.3 is 26.0 Å². The zero-order valence-electron chi connectivity index (χ0n) is 9.24. The molecule has 6 nitrogen and oxygen atoms in total. The molecule has 0 saturated heterocycles. The highest BCUT2D eigenvalue weighted by Gasteiger charge is 1.93. The Morgan fingerprint density at radius 2 is 1.87 bits per heavy atom. The summed E-state index contributed by atoms with van der Waals surface area (Å²) in [6.45, 7) is 3.92. The van der Waals surface area contributed by atoms with Gasteiger partial charge in [0.05, 0.1) is 13.2 Å². The monoisotopic (exact) mass is 222 g/mol. The van der Waals surface area contributed by atoms with Crippen molar-refractivity contribution in [2.75, 3.05) is 39.5 Å². The number of hydrogen-bond acceptors (Lipinski definition) is 6. The van der Waals surface area contributed by atoms with Gasteiger partial charge in [-0.25, -0.2) is 0 Å². The van der Waals surface area contributed by atoms with Crippen molar-refractivity contribution in [1.82, 2.24) is 5.32 Å². The van der Waals surface area contributed by atoms with E-state index in [4.69, 9.17) is 15.9 Å². The summed E-state index contributed by atoms with van der Waals surface area (Å²) in [6.07, 6.45) is 0.431. The average Bonchev–Trinajstić information content (AvgIpc) is 2.27. The molecule has 15 heavy (non-hydrogen) atoms. The average molecular weight is 222 g/mol. The number of ether oxygens (including phenoxy) is 1. The maximum absolute atomic E-state index is 10.3. The number of aliphatic hydroxyl groups excluding tert-OH is 2. The van der Waals surface area contributed by atoms with Crippen LogP contribution in [-0.4, -0.2) is 55.6 Å². The Hall–Kier alpha value is -0.690. The van der Waals surface area contributed by atoms with Crippen LogP contribution >= 0.6 is 0 Å². The minimum atomic E-state index is -0.185. The number of carbonyl (C=O) groups excluding carboxylic acids is 1. The van der Waals surface area contributed by atoms with Gasteiger partial charge in [0.15, 0.2) is 0 Å². The van der Waals surface area contributed by atoms with Crippen molar-refractivity contribution in [2.45, 2.75) is 13.3 Å². The van der Waals surface area contributed by atoms with Gasteiger partial charge in [0, 0.05) is 26.1 Å². The van der Waals surface area contributed by atoms with Crippen LogP contribution < -0.4 is 11.1 Å². The highest BCUT2D eigenvalue weighted by molar-refractivity contribution is 5.68. The number of hydrogen-bond donors (Lipinski definition) is 4. The van der Waals surface area contributed by atoms with E-state index >= 15 is 0 Å². The maximum atomic E-state index is 10.3. The topological polar surface area (TPSA) is 105 Å². The van der Waals surface area contributed by atoms with Crippen LogP contribution in [-0.2, 0) is 9.53 Å². The number of nitrogens with two attached hydrogens (primary N) is 1. The summed E-state index contributed by atoms with van der Waals surface area (Å²) in [7, 11) is 0. The lowest BCUT2D eigenvalue weighted by Gasteiger charge is -1.97. The Labute approximate surface area is 90.4 Å². The van der Waals surface area contributed by atoms with E-state index in [1.165, 1.54) is 0 Å². The van der Waals surface area contributed by atoms with Crippen LogP contribution in [0.3, 0.4) is 0 Å². The van der Waals surface area contributed by atoms with Crippen molar-refractivity contribution < 1.29 is 19.7 Å². The highest BCUT2D eigenvalue weighted by atomic mass is 16.5. The molecule has 0 amide bonds. The molecule has 5 N–H and O–H groups in total. The quantitative estimate of drug-likeness (QED) is 0.307. The van der Waals surface area contributed by atoms with Crippen LogP contribution in [0.15, 0.2) is 0 Å². The standard InChI is InChI=1S/C5H11NO2.C4H11NO2/c1-2-5(7)8-4-3-6;6-3-1-5-2-4-7/h2-4,6H2,1H3;5-7H,1-4H2. The van der Waals surface area contributed by atoms with Crippen molar-refractivity contribution in [2.24, 2.45) is 5.73 Å². The second-order valence-corrected chi connectivity index (χ2v) is 2.56. The molecule has 6 heteroatoms. The molecule has 0 saturated carbocycles. The van der Waals surface area contributed by atoms with Gasteiger partial charge in [-0.15, -0.1) is 0 Å². The third kappa shape index (κ3) is 19.6. The van der Waals surface area contributed by atoms with Crippen molar-refractivity contribution in [3.05, 3.63) is 0 Å². The fourth-order valence-corrected chi connectivity index (χ4v) is 0.558. The summed E-state index contributed by atoms with van der Waals surface area (Å²) < 4.78 is 4.58. The Morgan fingerprint density at radius 3 is 2.20 bits per heavy atom. The molecule has 0 aromatic heterocycles. The van der Waals surface area contributed by atoms with Crippen LogP contribution in [0.5, 0.6) is 0 Å². The van der Waals surface area contributed by atoms with Crippen LogP contribution in [0.25, 0.3) is 0 Å². The van der Waals surface area contributed by atoms with Crippen molar-refractivity contribution in [3.63, 3.8) is 0 Å². The van der Waals surface area contributed by atoms with Gasteiger partial charge in [-0.1, -0.05) is 6.92 Å². The molecule has 0 bridgehead atoms. The summed E-state index contributed by atoms with van der Waals surface area (Å²) >= 11 is 0. The number of aliphatic hydroxyl groups is 2. The Kier molecular flexibility index (Phi) is 17.6. The number of nitrogens with one attached hydrogen (secondary N) is 1. The molecule has 0 heterocycles. The molecule has 0 fully saturated rings. The second-order valence-electron chi connectivity index (χ2n) is 2.56. The molecule has 0 aliphatic carbocycles. The van der Waals surface area contributed by atoms with Crippen LogP contribution in [0.1, 0.15) is 13.3 Å². The Morgan fingerprint density at radius 1 is 1.33 bits per heavy atom. The van der Waals surface area contributed by atoms with E-state index in [0.717, 1.165) is 0 Å². The number of carbonyl (C=O) groups is 1. The fourth-order valence-electron chi connectivity index (χ4n) is 0.558. The van der Waals surface area contributed by atoms with Gasteiger partial charge in [0.25, 0.3) is 0 Å². The first-order valence-corrected chi connectivity index (χ1v) is 5.01. The fraction of sp³-hybridized carbons (Fsp3) is 0.889. The summed E-state index contributed by atoms with van der Waals surface area (Å²) in [5, 5.41) is 19.1. The van der Waals surface area contributed by atoms with E-state index < -0.39 is 0 Å². The molecule has 0 rings (SSSR count). The normalized spacial score (nSPS) is 9.07. The van der Waals surface area contributed by atoms with Crippen molar-refractivity contribution >= 4 is 5.97 Å². The largest absolute Gasteiger partial charge is 0.464 e. The summed E-state index contributed by atoms with van der Waals surface area (Å²) in [4.78, 5) is 10.3. The smallest absolute Gasteiger partial charge is 0.305 e. The first-order valence-electron chi connectivity index (χ1n) is 5.01. The third-order valence-electron chi connectivity index (χ3n) is 1.25. The van der Waals surface area contributed by atoms with E-state index in [1.54, 1.807) is 6.92 Å². The van der Waals surface area contributed by atoms with Gasteiger partial charge in [-0.05, 0) is 0 Å². The molecular weight excluding hydrogens is 200 g/mol. The van der Waals surface area contributed by atoms with Gasteiger partial charge in [-0.2, -0.15) is 0 Å². The lowest BCUT2D eigenvalue weighted by Crippen LogP contribution is -2.21. The Balaban J connectivity index is 0. The zero-order chi connectivity index (χ0) is 11.9. The summed E-state index contributed by atoms with van der Waals surface area (Å²) in [5.41, 5.74) is 5.05. The number of esters is 1. The minimum Gasteiger partial charge on any atom is -0.464 e.